The molecule has 0 radical (unpaired) electrons. The van der Waals surface area contributed by atoms with Gasteiger partial charge in [-0.1, -0.05) is 0 Å². The highest BCUT2D eigenvalue weighted by Crippen LogP contribution is 2.40. The second-order valence-corrected chi connectivity index (χ2v) is 7.74. The van der Waals surface area contributed by atoms with Crippen LogP contribution in [0.1, 0.15) is 43.0 Å². The van der Waals surface area contributed by atoms with Crippen molar-refractivity contribution in [2.75, 3.05) is 23.8 Å². The number of piperidine rings is 1. The molecule has 3 heterocycles. The monoisotopic (exact) mass is 339 g/mol. The molecule has 2 saturated carbocycles. The number of nitrogens with one attached hydrogen (secondary N) is 3. The van der Waals surface area contributed by atoms with Crippen molar-refractivity contribution in [3.05, 3.63) is 23.5 Å². The lowest BCUT2D eigenvalue weighted by molar-refractivity contribution is 0.412. The van der Waals surface area contributed by atoms with E-state index in [0.717, 1.165) is 29.8 Å². The predicted molar refractivity (Wildman–Crippen MR) is 97.3 cm³/mol. The van der Waals surface area contributed by atoms with Gasteiger partial charge in [0.1, 0.15) is 5.82 Å². The first-order valence-corrected chi connectivity index (χ1v) is 9.31. The predicted octanol–water partition coefficient (Wildman–Crippen LogP) is 2.32. The Balaban J connectivity index is 1.35. The second kappa shape index (κ2) is 5.69. The van der Waals surface area contributed by atoms with Crippen molar-refractivity contribution in [2.24, 2.45) is 5.92 Å². The zero-order chi connectivity index (χ0) is 17.0. The van der Waals surface area contributed by atoms with E-state index in [9.17, 15) is 0 Å². The third-order valence-electron chi connectivity index (χ3n) is 5.88. The standard InChI is InChI=1S/C18H25N7/c1-10-5-16(21-17-8-15(23-24-17)11-3-4-11)22-18(20-10)25-9-12-6-13(25)7-14(12)19-2/h5,8,11-14,19H,3-4,6-7,9H2,1-2H3,(H2,20,21,22,23,24)/t12?,13-,14-/m1/s1. The summed E-state index contributed by atoms with van der Waals surface area (Å²) in [6.07, 6.45) is 4.97. The Bertz CT molecular complexity index is 781. The van der Waals surface area contributed by atoms with Crippen LogP contribution in [0, 0.1) is 12.8 Å². The fourth-order valence-electron chi connectivity index (χ4n) is 4.43. The minimum atomic E-state index is 0.559. The van der Waals surface area contributed by atoms with Gasteiger partial charge in [0.05, 0.1) is 0 Å². The molecule has 3 aliphatic rings. The zero-order valence-electron chi connectivity index (χ0n) is 14.8. The van der Waals surface area contributed by atoms with E-state index in [4.69, 9.17) is 9.97 Å². The first kappa shape index (κ1) is 15.1. The second-order valence-electron chi connectivity index (χ2n) is 7.74. The topological polar surface area (TPSA) is 81.8 Å². The number of H-pyrrole nitrogens is 1. The molecule has 7 nitrogen and oxygen atoms in total. The third kappa shape index (κ3) is 2.76. The number of fused-ring (bicyclic) bond motifs is 2. The van der Waals surface area contributed by atoms with E-state index in [0.29, 0.717) is 23.9 Å². The molecule has 2 aromatic rings. The molecule has 3 fully saturated rings. The number of nitrogens with zero attached hydrogens (tertiary/aromatic N) is 4. The summed E-state index contributed by atoms with van der Waals surface area (Å²) in [5, 5.41) is 14.3. The third-order valence-corrected chi connectivity index (χ3v) is 5.88. The minimum absolute atomic E-state index is 0.559. The molecule has 1 saturated heterocycles. The SMILES string of the molecule is CN[C@@H]1C[C@H]2CC1CN2c1nc(C)cc(Nc2cc(C3CC3)[nH]n2)n1. The van der Waals surface area contributed by atoms with E-state index >= 15 is 0 Å². The van der Waals surface area contributed by atoms with Crippen molar-refractivity contribution in [3.8, 4) is 0 Å². The van der Waals surface area contributed by atoms with Crippen molar-refractivity contribution in [2.45, 2.75) is 50.6 Å². The van der Waals surface area contributed by atoms with E-state index in [1.165, 1.54) is 31.4 Å². The van der Waals surface area contributed by atoms with Crippen LogP contribution < -0.4 is 15.5 Å². The van der Waals surface area contributed by atoms with Crippen LogP contribution in [0.15, 0.2) is 12.1 Å². The van der Waals surface area contributed by atoms with Crippen molar-refractivity contribution in [3.63, 3.8) is 0 Å². The Morgan fingerprint density at radius 1 is 1.16 bits per heavy atom. The van der Waals surface area contributed by atoms with E-state index in [1.807, 2.05) is 13.0 Å². The Kier molecular flexibility index (Phi) is 3.45. The molecular formula is C18H25N7. The normalized spacial score (nSPS) is 27.9. The Morgan fingerprint density at radius 3 is 2.76 bits per heavy atom. The molecule has 2 bridgehead atoms. The highest BCUT2D eigenvalue weighted by Gasteiger charge is 2.45. The van der Waals surface area contributed by atoms with Gasteiger partial charge in [0.2, 0.25) is 5.95 Å². The minimum Gasteiger partial charge on any atom is -0.337 e. The molecule has 5 rings (SSSR count). The molecule has 1 aliphatic heterocycles. The average molecular weight is 339 g/mol. The molecule has 2 aliphatic carbocycles. The van der Waals surface area contributed by atoms with Gasteiger partial charge in [-0.05, 0) is 45.6 Å². The van der Waals surface area contributed by atoms with E-state index in [2.05, 4.69) is 38.8 Å². The summed E-state index contributed by atoms with van der Waals surface area (Å²) >= 11 is 0. The lowest BCUT2D eigenvalue weighted by atomic mass is 10.0. The maximum atomic E-state index is 4.78. The fourth-order valence-corrected chi connectivity index (χ4v) is 4.43. The molecule has 0 amide bonds. The molecule has 2 aromatic heterocycles. The van der Waals surface area contributed by atoms with Crippen LogP contribution in [-0.2, 0) is 0 Å². The zero-order valence-corrected chi connectivity index (χ0v) is 14.8. The number of aromatic nitrogens is 4. The number of rotatable bonds is 5. The maximum Gasteiger partial charge on any atom is 0.227 e. The summed E-state index contributed by atoms with van der Waals surface area (Å²) in [6, 6.07) is 5.29. The van der Waals surface area contributed by atoms with Crippen LogP contribution in [-0.4, -0.2) is 45.8 Å². The van der Waals surface area contributed by atoms with Gasteiger partial charge in [-0.25, -0.2) is 4.98 Å². The van der Waals surface area contributed by atoms with Gasteiger partial charge >= 0.3 is 0 Å². The summed E-state index contributed by atoms with van der Waals surface area (Å²) in [5.74, 6) is 3.89. The van der Waals surface area contributed by atoms with E-state index in [-0.39, 0.29) is 0 Å². The van der Waals surface area contributed by atoms with Crippen LogP contribution in [0.5, 0.6) is 0 Å². The number of hydrogen-bond acceptors (Lipinski definition) is 6. The fraction of sp³-hybridized carbons (Fsp3) is 0.611. The van der Waals surface area contributed by atoms with Crippen LogP contribution in [0.3, 0.4) is 0 Å². The lowest BCUT2D eigenvalue weighted by Gasteiger charge is -2.31. The molecular weight excluding hydrogens is 314 g/mol. The summed E-state index contributed by atoms with van der Waals surface area (Å²) < 4.78 is 0. The van der Waals surface area contributed by atoms with Gasteiger partial charge in [-0.2, -0.15) is 10.1 Å². The van der Waals surface area contributed by atoms with E-state index in [1.54, 1.807) is 0 Å². The van der Waals surface area contributed by atoms with Crippen molar-refractivity contribution in [1.82, 2.24) is 25.5 Å². The average Bonchev–Trinajstić information content (AvgIpc) is 3.04. The summed E-state index contributed by atoms with van der Waals surface area (Å²) in [6.45, 7) is 3.08. The number of aromatic amines is 1. The quantitative estimate of drug-likeness (QED) is 0.775. The summed E-state index contributed by atoms with van der Waals surface area (Å²) in [4.78, 5) is 11.9. The first-order valence-electron chi connectivity index (χ1n) is 9.31. The van der Waals surface area contributed by atoms with Gasteiger partial charge in [0.15, 0.2) is 5.82 Å². The largest absolute Gasteiger partial charge is 0.337 e. The Labute approximate surface area is 147 Å². The van der Waals surface area contributed by atoms with Crippen molar-refractivity contribution < 1.29 is 0 Å². The molecule has 0 spiro atoms. The van der Waals surface area contributed by atoms with Crippen molar-refractivity contribution in [1.29, 1.82) is 0 Å². The van der Waals surface area contributed by atoms with Gasteiger partial charge in [-0.15, -0.1) is 0 Å². The molecule has 25 heavy (non-hydrogen) atoms. The number of aryl methyl sites for hydroxylation is 1. The smallest absolute Gasteiger partial charge is 0.227 e. The van der Waals surface area contributed by atoms with Gasteiger partial charge < -0.3 is 15.5 Å². The first-order chi connectivity index (χ1) is 12.2. The Hall–Kier alpha value is -2.15. The van der Waals surface area contributed by atoms with Crippen LogP contribution in [0.4, 0.5) is 17.6 Å². The summed E-state index contributed by atoms with van der Waals surface area (Å²) in [7, 11) is 2.07. The van der Waals surface area contributed by atoms with E-state index < -0.39 is 0 Å². The summed E-state index contributed by atoms with van der Waals surface area (Å²) in [5.41, 5.74) is 2.21. The molecule has 1 unspecified atom stereocenters. The van der Waals surface area contributed by atoms with Gasteiger partial charge in [-0.3, -0.25) is 5.10 Å². The molecule has 3 N–H and O–H groups in total. The molecule has 0 aromatic carbocycles. The van der Waals surface area contributed by atoms with Crippen LogP contribution >= 0.6 is 0 Å². The number of hydrogen-bond donors (Lipinski definition) is 3. The highest BCUT2D eigenvalue weighted by atomic mass is 15.3. The highest BCUT2D eigenvalue weighted by molar-refractivity contribution is 5.55. The molecule has 132 valence electrons. The van der Waals surface area contributed by atoms with Gasteiger partial charge in [0.25, 0.3) is 0 Å². The van der Waals surface area contributed by atoms with Crippen LogP contribution in [0.2, 0.25) is 0 Å². The number of anilines is 3. The Morgan fingerprint density at radius 2 is 2.04 bits per heavy atom. The molecule has 7 heteroatoms. The maximum absolute atomic E-state index is 4.78. The van der Waals surface area contributed by atoms with Crippen LogP contribution in [0.25, 0.3) is 0 Å². The lowest BCUT2D eigenvalue weighted by Crippen LogP contribution is -2.43. The van der Waals surface area contributed by atoms with Gasteiger partial charge in [0, 0.05) is 48.1 Å². The molecule has 3 atom stereocenters. The van der Waals surface area contributed by atoms with Crippen molar-refractivity contribution >= 4 is 17.6 Å².